The van der Waals surface area contributed by atoms with Gasteiger partial charge in [0.2, 0.25) is 5.91 Å². The van der Waals surface area contributed by atoms with Crippen LogP contribution in [0.1, 0.15) is 36.2 Å². The zero-order valence-corrected chi connectivity index (χ0v) is 17.2. The van der Waals surface area contributed by atoms with Gasteiger partial charge in [0.05, 0.1) is 11.0 Å². The van der Waals surface area contributed by atoms with Gasteiger partial charge in [0.15, 0.2) is 0 Å². The second-order valence-corrected chi connectivity index (χ2v) is 7.92. The summed E-state index contributed by atoms with van der Waals surface area (Å²) in [6, 6.07) is 26.9. The number of carbonyl (C=O) groups excluding carboxylic acids is 1. The lowest BCUT2D eigenvalue weighted by Gasteiger charge is -2.20. The van der Waals surface area contributed by atoms with Gasteiger partial charge in [-0.15, -0.1) is 0 Å². The fourth-order valence-electron chi connectivity index (χ4n) is 4.52. The molecule has 30 heavy (non-hydrogen) atoms. The Morgan fingerprint density at radius 3 is 2.50 bits per heavy atom. The van der Waals surface area contributed by atoms with Crippen molar-refractivity contribution in [2.75, 3.05) is 11.4 Å². The number of carbonyl (C=O) groups is 1. The average Bonchev–Trinajstić information content (AvgIpc) is 3.35. The predicted octanol–water partition coefficient (Wildman–Crippen LogP) is 5.17. The Balaban J connectivity index is 1.53. The van der Waals surface area contributed by atoms with Crippen molar-refractivity contribution in [3.05, 3.63) is 95.8 Å². The summed E-state index contributed by atoms with van der Waals surface area (Å²) >= 11 is 0. The molecule has 2 heterocycles. The number of para-hydroxylation sites is 3. The number of hydrogen-bond acceptors (Lipinski definition) is 2. The Morgan fingerprint density at radius 1 is 0.933 bits per heavy atom. The van der Waals surface area contributed by atoms with Crippen LogP contribution in [-0.4, -0.2) is 22.0 Å². The van der Waals surface area contributed by atoms with Crippen molar-refractivity contribution in [3.63, 3.8) is 0 Å². The standard InChI is InChI=1S/C26H25N3O/c1-2-20-12-6-8-14-23(20)28-18-21(16-25(28)30)26-27-22-13-7-9-15-24(22)29(26)17-19-10-4-3-5-11-19/h3-15,21H,2,16-18H2,1H3/t21-/m0/s1. The zero-order chi connectivity index (χ0) is 20.5. The maximum atomic E-state index is 13.0. The van der Waals surface area contributed by atoms with E-state index in [-0.39, 0.29) is 11.8 Å². The summed E-state index contributed by atoms with van der Waals surface area (Å²) in [6.45, 7) is 3.57. The molecular formula is C26H25N3O. The Hall–Kier alpha value is -3.40. The second-order valence-electron chi connectivity index (χ2n) is 7.92. The van der Waals surface area contributed by atoms with E-state index in [9.17, 15) is 4.79 Å². The van der Waals surface area contributed by atoms with Crippen molar-refractivity contribution in [3.8, 4) is 0 Å². The van der Waals surface area contributed by atoms with Crippen LogP contribution in [0.25, 0.3) is 11.0 Å². The van der Waals surface area contributed by atoms with Gasteiger partial charge in [0, 0.05) is 31.1 Å². The van der Waals surface area contributed by atoms with Gasteiger partial charge >= 0.3 is 0 Å². The maximum absolute atomic E-state index is 13.0. The molecule has 0 bridgehead atoms. The quantitative estimate of drug-likeness (QED) is 0.468. The van der Waals surface area contributed by atoms with Gasteiger partial charge in [-0.1, -0.05) is 67.6 Å². The largest absolute Gasteiger partial charge is 0.323 e. The van der Waals surface area contributed by atoms with Crippen LogP contribution in [0.2, 0.25) is 0 Å². The lowest BCUT2D eigenvalue weighted by molar-refractivity contribution is -0.117. The average molecular weight is 396 g/mol. The number of aryl methyl sites for hydroxylation is 1. The highest BCUT2D eigenvalue weighted by Gasteiger charge is 2.35. The molecule has 4 aromatic rings. The van der Waals surface area contributed by atoms with Gasteiger partial charge < -0.3 is 9.47 Å². The summed E-state index contributed by atoms with van der Waals surface area (Å²) in [5, 5.41) is 0. The topological polar surface area (TPSA) is 38.1 Å². The van der Waals surface area contributed by atoms with Gasteiger partial charge in [-0.3, -0.25) is 4.79 Å². The molecule has 0 unspecified atom stereocenters. The van der Waals surface area contributed by atoms with E-state index in [1.165, 1.54) is 11.1 Å². The minimum atomic E-state index is 0.0820. The summed E-state index contributed by atoms with van der Waals surface area (Å²) in [7, 11) is 0. The second kappa shape index (κ2) is 7.79. The molecule has 4 heteroatoms. The molecule has 1 aromatic heterocycles. The fourth-order valence-corrected chi connectivity index (χ4v) is 4.52. The number of benzene rings is 3. The van der Waals surface area contributed by atoms with Crippen LogP contribution in [0.5, 0.6) is 0 Å². The molecule has 150 valence electrons. The predicted molar refractivity (Wildman–Crippen MR) is 121 cm³/mol. The third-order valence-corrected chi connectivity index (χ3v) is 6.02. The number of nitrogens with zero attached hydrogens (tertiary/aromatic N) is 3. The molecular weight excluding hydrogens is 370 g/mol. The minimum Gasteiger partial charge on any atom is -0.323 e. The van der Waals surface area contributed by atoms with E-state index in [2.05, 4.69) is 66.1 Å². The van der Waals surface area contributed by atoms with Crippen LogP contribution in [-0.2, 0) is 17.8 Å². The Morgan fingerprint density at radius 2 is 1.67 bits per heavy atom. The van der Waals surface area contributed by atoms with E-state index >= 15 is 0 Å². The lowest BCUT2D eigenvalue weighted by Crippen LogP contribution is -2.25. The molecule has 4 nitrogen and oxygen atoms in total. The van der Waals surface area contributed by atoms with Crippen molar-refractivity contribution >= 4 is 22.6 Å². The van der Waals surface area contributed by atoms with Gasteiger partial charge in [-0.2, -0.15) is 0 Å². The monoisotopic (exact) mass is 395 g/mol. The molecule has 3 aromatic carbocycles. The minimum absolute atomic E-state index is 0.0820. The molecule has 0 radical (unpaired) electrons. The lowest BCUT2D eigenvalue weighted by atomic mass is 10.1. The summed E-state index contributed by atoms with van der Waals surface area (Å²) in [5.41, 5.74) is 5.60. The van der Waals surface area contributed by atoms with Crippen LogP contribution in [0.4, 0.5) is 5.69 Å². The third kappa shape index (κ3) is 3.28. The highest BCUT2D eigenvalue weighted by molar-refractivity contribution is 5.97. The highest BCUT2D eigenvalue weighted by Crippen LogP contribution is 2.35. The number of amides is 1. The SMILES string of the molecule is CCc1ccccc1N1C[C@@H](c2nc3ccccc3n2Cc2ccccc2)CC1=O. The first-order chi connectivity index (χ1) is 14.7. The summed E-state index contributed by atoms with van der Waals surface area (Å²) < 4.78 is 2.29. The van der Waals surface area contributed by atoms with Crippen LogP contribution < -0.4 is 4.90 Å². The van der Waals surface area contributed by atoms with Crippen molar-refractivity contribution in [2.24, 2.45) is 0 Å². The molecule has 1 atom stereocenters. The van der Waals surface area contributed by atoms with Crippen LogP contribution in [0.3, 0.4) is 0 Å². The first-order valence-electron chi connectivity index (χ1n) is 10.6. The van der Waals surface area contributed by atoms with Crippen LogP contribution in [0.15, 0.2) is 78.9 Å². The molecule has 1 fully saturated rings. The first-order valence-corrected chi connectivity index (χ1v) is 10.6. The van der Waals surface area contributed by atoms with Gasteiger partial charge in [-0.25, -0.2) is 4.98 Å². The van der Waals surface area contributed by atoms with E-state index in [1.54, 1.807) is 0 Å². The Bertz CT molecular complexity index is 1200. The van der Waals surface area contributed by atoms with Crippen molar-refractivity contribution < 1.29 is 4.79 Å². The normalized spacial score (nSPS) is 16.5. The molecule has 1 amide bonds. The number of fused-ring (bicyclic) bond motifs is 1. The van der Waals surface area contributed by atoms with E-state index in [0.717, 1.165) is 35.5 Å². The Kier molecular flexibility index (Phi) is 4.83. The number of anilines is 1. The molecule has 1 aliphatic heterocycles. The number of imidazole rings is 1. The van der Waals surface area contributed by atoms with Crippen molar-refractivity contribution in [1.82, 2.24) is 9.55 Å². The summed E-state index contributed by atoms with van der Waals surface area (Å²) in [5.74, 6) is 1.27. The van der Waals surface area contributed by atoms with E-state index < -0.39 is 0 Å². The molecule has 0 N–H and O–H groups in total. The zero-order valence-electron chi connectivity index (χ0n) is 17.2. The summed E-state index contributed by atoms with van der Waals surface area (Å²) in [4.78, 5) is 19.9. The molecule has 1 aliphatic rings. The molecule has 5 rings (SSSR count). The highest BCUT2D eigenvalue weighted by atomic mass is 16.2. The van der Waals surface area contributed by atoms with Gasteiger partial charge in [0.1, 0.15) is 5.82 Å². The van der Waals surface area contributed by atoms with Crippen LogP contribution >= 0.6 is 0 Å². The van der Waals surface area contributed by atoms with E-state index in [1.807, 2.05) is 29.2 Å². The fraction of sp³-hybridized carbons (Fsp3) is 0.231. The van der Waals surface area contributed by atoms with E-state index in [0.29, 0.717) is 13.0 Å². The number of rotatable bonds is 5. The van der Waals surface area contributed by atoms with Gasteiger partial charge in [-0.05, 0) is 35.7 Å². The molecule has 0 saturated carbocycles. The Labute approximate surface area is 176 Å². The molecule has 0 spiro atoms. The maximum Gasteiger partial charge on any atom is 0.227 e. The van der Waals surface area contributed by atoms with Crippen LogP contribution in [0, 0.1) is 0 Å². The van der Waals surface area contributed by atoms with E-state index in [4.69, 9.17) is 4.98 Å². The van der Waals surface area contributed by atoms with Crippen molar-refractivity contribution in [1.29, 1.82) is 0 Å². The third-order valence-electron chi connectivity index (χ3n) is 6.02. The molecule has 0 aliphatic carbocycles. The molecule has 1 saturated heterocycles. The smallest absolute Gasteiger partial charge is 0.227 e. The summed E-state index contributed by atoms with van der Waals surface area (Å²) in [6.07, 6.45) is 1.41. The number of aromatic nitrogens is 2. The number of hydrogen-bond donors (Lipinski definition) is 0. The first kappa shape index (κ1) is 18.6. The van der Waals surface area contributed by atoms with Gasteiger partial charge in [0.25, 0.3) is 0 Å². The van der Waals surface area contributed by atoms with Crippen molar-refractivity contribution in [2.45, 2.75) is 32.2 Å².